The van der Waals surface area contributed by atoms with Crippen molar-refractivity contribution in [2.75, 3.05) is 27.2 Å². The minimum atomic E-state index is 0.283. The zero-order valence-electron chi connectivity index (χ0n) is 15.3. The van der Waals surface area contributed by atoms with E-state index in [2.05, 4.69) is 19.0 Å². The second kappa shape index (κ2) is 11.9. The van der Waals surface area contributed by atoms with E-state index in [1.54, 1.807) is 6.92 Å². The molecule has 0 atom stereocenters. The lowest BCUT2D eigenvalue weighted by molar-refractivity contribution is -0.858. The molecule has 0 unspecified atom stereocenters. The van der Waals surface area contributed by atoms with E-state index in [0.29, 0.717) is 6.04 Å². The van der Waals surface area contributed by atoms with Gasteiger partial charge in [0.1, 0.15) is 0 Å². The number of rotatable bonds is 5. The van der Waals surface area contributed by atoms with Crippen molar-refractivity contribution in [1.29, 1.82) is 0 Å². The van der Waals surface area contributed by atoms with Gasteiger partial charge in [-0.25, -0.2) is 0 Å². The molecule has 1 fully saturated rings. The number of nitrogens with zero attached hydrogens (tertiary/aromatic N) is 1. The molecule has 0 aliphatic heterocycles. The Balaban J connectivity index is 2.51. The number of amides is 1. The lowest BCUT2D eigenvalue weighted by atomic mass is 9.96. The molecule has 3 nitrogen and oxygen atoms in total. The molecule has 0 heterocycles. The van der Waals surface area contributed by atoms with E-state index < -0.39 is 0 Å². The topological polar surface area (TPSA) is 24.8 Å². The molecule has 1 amide bonds. The van der Waals surface area contributed by atoms with Crippen molar-refractivity contribution in [3.63, 3.8) is 0 Å². The van der Waals surface area contributed by atoms with Gasteiger partial charge in [0.05, 0.1) is 20.6 Å². The fourth-order valence-electron chi connectivity index (χ4n) is 3.65. The molecule has 0 aromatic carbocycles. The third kappa shape index (κ3) is 8.77. The molecule has 22 heavy (non-hydrogen) atoms. The van der Waals surface area contributed by atoms with Crippen molar-refractivity contribution in [2.45, 2.75) is 90.0 Å². The van der Waals surface area contributed by atoms with Gasteiger partial charge in [-0.3, -0.25) is 4.79 Å². The molecule has 1 rings (SSSR count). The maximum Gasteiger partial charge on any atom is 0.219 e. The fourth-order valence-corrected chi connectivity index (χ4v) is 3.65. The van der Waals surface area contributed by atoms with Crippen LogP contribution in [0.4, 0.5) is 0 Å². The van der Waals surface area contributed by atoms with E-state index in [1.807, 2.05) is 0 Å². The summed E-state index contributed by atoms with van der Waals surface area (Å²) in [5.74, 6) is 0.283. The molecule has 130 valence electrons. The Labute approximate surface area is 138 Å². The smallest absolute Gasteiger partial charge is 0.219 e. The molecule has 0 saturated heterocycles. The van der Waals surface area contributed by atoms with Crippen molar-refractivity contribution in [3.8, 4) is 0 Å². The van der Waals surface area contributed by atoms with Crippen molar-refractivity contribution in [1.82, 2.24) is 4.90 Å². The van der Waals surface area contributed by atoms with Crippen LogP contribution >= 0.6 is 0 Å². The molecule has 0 aromatic heterocycles. The highest BCUT2D eigenvalue weighted by atomic mass is 16.2. The molecule has 0 aromatic rings. The van der Waals surface area contributed by atoms with E-state index in [9.17, 15) is 4.79 Å². The number of hydrogen-bond donors (Lipinski definition) is 1. The standard InChI is InChI=1S/C19H38N2O/c1-18(22)21(17-13-16-20(2)3)19-14-11-9-7-5-4-6-8-10-12-15-19/h19H,4-17H2,1-3H3/p+1. The number of carbonyl (C=O) groups is 1. The molecule has 1 aliphatic carbocycles. The average Bonchev–Trinajstić information content (AvgIpc) is 2.44. The van der Waals surface area contributed by atoms with Gasteiger partial charge in [0.25, 0.3) is 0 Å². The molecule has 3 heteroatoms. The van der Waals surface area contributed by atoms with Crippen molar-refractivity contribution in [3.05, 3.63) is 0 Å². The molecule has 1 saturated carbocycles. The van der Waals surface area contributed by atoms with Gasteiger partial charge in [-0.1, -0.05) is 57.8 Å². The Morgan fingerprint density at radius 2 is 1.36 bits per heavy atom. The summed E-state index contributed by atoms with van der Waals surface area (Å²) in [5.41, 5.74) is 0. The van der Waals surface area contributed by atoms with Gasteiger partial charge in [0.15, 0.2) is 0 Å². The summed E-state index contributed by atoms with van der Waals surface area (Å²) in [4.78, 5) is 15.8. The summed E-state index contributed by atoms with van der Waals surface area (Å²) in [6.07, 6.45) is 15.9. The van der Waals surface area contributed by atoms with E-state index in [1.165, 1.54) is 75.5 Å². The second-order valence-electron chi connectivity index (χ2n) is 7.44. The van der Waals surface area contributed by atoms with Crippen LogP contribution < -0.4 is 4.90 Å². The summed E-state index contributed by atoms with van der Waals surface area (Å²) in [5, 5.41) is 0. The summed E-state index contributed by atoms with van der Waals surface area (Å²) in [6.45, 7) is 3.86. The van der Waals surface area contributed by atoms with Crippen LogP contribution in [0.3, 0.4) is 0 Å². The second-order valence-corrected chi connectivity index (χ2v) is 7.44. The minimum absolute atomic E-state index is 0.283. The van der Waals surface area contributed by atoms with Crippen LogP contribution in [0.2, 0.25) is 0 Å². The van der Waals surface area contributed by atoms with Gasteiger partial charge >= 0.3 is 0 Å². The van der Waals surface area contributed by atoms with Crippen LogP contribution in [0.25, 0.3) is 0 Å². The first-order valence-electron chi connectivity index (χ1n) is 9.67. The van der Waals surface area contributed by atoms with E-state index in [-0.39, 0.29) is 5.91 Å². The normalized spacial score (nSPS) is 19.5. The highest BCUT2D eigenvalue weighted by Crippen LogP contribution is 2.20. The van der Waals surface area contributed by atoms with Crippen LogP contribution in [0.15, 0.2) is 0 Å². The largest absolute Gasteiger partial charge is 0.340 e. The lowest BCUT2D eigenvalue weighted by Gasteiger charge is -2.32. The Morgan fingerprint density at radius 3 is 1.77 bits per heavy atom. The number of hydrogen-bond acceptors (Lipinski definition) is 1. The fraction of sp³-hybridized carbons (Fsp3) is 0.947. The van der Waals surface area contributed by atoms with Crippen LogP contribution in [0.5, 0.6) is 0 Å². The Kier molecular flexibility index (Phi) is 10.6. The summed E-state index contributed by atoms with van der Waals surface area (Å²) in [7, 11) is 4.38. The Bertz CT molecular complexity index is 279. The lowest BCUT2D eigenvalue weighted by Crippen LogP contribution is -3.05. The highest BCUT2D eigenvalue weighted by molar-refractivity contribution is 5.73. The third-order valence-electron chi connectivity index (χ3n) is 5.00. The van der Waals surface area contributed by atoms with Gasteiger partial charge in [-0.2, -0.15) is 0 Å². The van der Waals surface area contributed by atoms with E-state index >= 15 is 0 Å². The zero-order chi connectivity index (χ0) is 16.2. The monoisotopic (exact) mass is 311 g/mol. The maximum atomic E-state index is 12.1. The first-order chi connectivity index (χ1) is 10.6. The first kappa shape index (κ1) is 19.5. The van der Waals surface area contributed by atoms with Gasteiger partial charge in [0, 0.05) is 25.9 Å². The van der Waals surface area contributed by atoms with Crippen LogP contribution in [0, 0.1) is 0 Å². The van der Waals surface area contributed by atoms with Gasteiger partial charge < -0.3 is 9.80 Å². The van der Waals surface area contributed by atoms with Crippen LogP contribution in [-0.2, 0) is 4.79 Å². The molecule has 1 N–H and O–H groups in total. The predicted octanol–water partition coefficient (Wildman–Crippen LogP) is 3.04. The molecular formula is C19H39N2O+. The van der Waals surface area contributed by atoms with Crippen molar-refractivity contribution < 1.29 is 9.69 Å². The van der Waals surface area contributed by atoms with Crippen molar-refractivity contribution in [2.24, 2.45) is 0 Å². The predicted molar refractivity (Wildman–Crippen MR) is 94.3 cm³/mol. The van der Waals surface area contributed by atoms with E-state index in [0.717, 1.165) is 19.5 Å². The number of quaternary nitrogens is 1. The summed E-state index contributed by atoms with van der Waals surface area (Å²) < 4.78 is 0. The number of nitrogens with one attached hydrogen (secondary N) is 1. The zero-order valence-corrected chi connectivity index (χ0v) is 15.3. The molecular weight excluding hydrogens is 272 g/mol. The summed E-state index contributed by atoms with van der Waals surface area (Å²) >= 11 is 0. The SMILES string of the molecule is CC(=O)N(CCC[NH+](C)C)C1CCCCCCCCCCC1. The Morgan fingerprint density at radius 1 is 0.909 bits per heavy atom. The average molecular weight is 312 g/mol. The van der Waals surface area contributed by atoms with Crippen LogP contribution in [0.1, 0.15) is 84.0 Å². The summed E-state index contributed by atoms with van der Waals surface area (Å²) in [6, 6.07) is 0.495. The molecule has 1 aliphatic rings. The molecule has 0 spiro atoms. The third-order valence-corrected chi connectivity index (χ3v) is 5.00. The molecule has 0 bridgehead atoms. The van der Waals surface area contributed by atoms with E-state index in [4.69, 9.17) is 0 Å². The maximum absolute atomic E-state index is 12.1. The minimum Gasteiger partial charge on any atom is -0.340 e. The highest BCUT2D eigenvalue weighted by Gasteiger charge is 2.20. The van der Waals surface area contributed by atoms with Crippen LogP contribution in [-0.4, -0.2) is 44.0 Å². The van der Waals surface area contributed by atoms with Gasteiger partial charge in [0.2, 0.25) is 5.91 Å². The Hall–Kier alpha value is -0.570. The van der Waals surface area contributed by atoms with Crippen molar-refractivity contribution >= 4 is 5.91 Å². The quantitative estimate of drug-likeness (QED) is 0.829. The van der Waals surface area contributed by atoms with Gasteiger partial charge in [-0.05, 0) is 12.8 Å². The molecule has 0 radical (unpaired) electrons. The number of carbonyl (C=O) groups excluding carboxylic acids is 1. The first-order valence-corrected chi connectivity index (χ1v) is 9.67. The van der Waals surface area contributed by atoms with Gasteiger partial charge in [-0.15, -0.1) is 0 Å².